The highest BCUT2D eigenvalue weighted by Crippen LogP contribution is 2.42. The number of thiophene rings is 1. The first-order valence-electron chi connectivity index (χ1n) is 7.91. The quantitative estimate of drug-likeness (QED) is 0.866. The summed E-state index contributed by atoms with van der Waals surface area (Å²) in [6.45, 7) is 6.10. The van der Waals surface area contributed by atoms with Gasteiger partial charge in [-0.05, 0) is 47.7 Å². The normalized spacial score (nSPS) is 22.9. The Kier molecular flexibility index (Phi) is 4.80. The van der Waals surface area contributed by atoms with Crippen LogP contribution in [0.1, 0.15) is 17.4 Å². The summed E-state index contributed by atoms with van der Waals surface area (Å²) in [4.78, 5) is 7.43. The molecule has 3 rings (SSSR count). The zero-order chi connectivity index (χ0) is 19.1. The molecule has 1 aromatic heterocycles. The molecule has 7 heteroatoms. The van der Waals surface area contributed by atoms with Gasteiger partial charge in [0.1, 0.15) is 11.6 Å². The van der Waals surface area contributed by atoms with Gasteiger partial charge in [0, 0.05) is 29.8 Å². The monoisotopic (exact) mass is 386 g/mol. The lowest BCUT2D eigenvalue weighted by Crippen LogP contribution is -2.51. The predicted octanol–water partition coefficient (Wildman–Crippen LogP) is 3.94. The highest BCUT2D eigenvalue weighted by atomic mass is 35.5. The van der Waals surface area contributed by atoms with Gasteiger partial charge < -0.3 is 15.4 Å². The molecule has 2 heterocycles. The summed E-state index contributed by atoms with van der Waals surface area (Å²) in [5.41, 5.74) is 8.54. The lowest BCUT2D eigenvalue weighted by Gasteiger charge is -2.41. The Bertz CT molecular complexity index is 945. The summed E-state index contributed by atoms with van der Waals surface area (Å²) in [7, 11) is 3.46. The van der Waals surface area contributed by atoms with Crippen LogP contribution in [0.4, 0.5) is 0 Å². The summed E-state index contributed by atoms with van der Waals surface area (Å²) < 4.78 is 5.70. The number of halogens is 1. The molecule has 0 saturated heterocycles. The molecule has 0 spiro atoms. The van der Waals surface area contributed by atoms with E-state index in [-0.39, 0.29) is 6.10 Å². The molecular weight excluding hydrogens is 368 g/mol. The molecule has 0 bridgehead atoms. The molecular formula is C19H19ClN4OS. The van der Waals surface area contributed by atoms with E-state index in [1.807, 2.05) is 37.6 Å². The second-order valence-corrected chi connectivity index (χ2v) is 7.67. The molecule has 0 fully saturated rings. The van der Waals surface area contributed by atoms with Crippen molar-refractivity contribution in [3.63, 3.8) is 0 Å². The van der Waals surface area contributed by atoms with E-state index in [9.17, 15) is 0 Å². The van der Waals surface area contributed by atoms with Gasteiger partial charge in [-0.1, -0.05) is 18.2 Å². The SMILES string of the molecule is C=C1C(OC)C(C)(c2cc(-c3cc(Cl)cc(C#N)c3)cs2)N=C(N)N1C. The molecule has 2 unspecified atom stereocenters. The minimum absolute atomic E-state index is 0.333. The van der Waals surface area contributed by atoms with Crippen molar-refractivity contribution in [1.82, 2.24) is 4.90 Å². The average Bonchev–Trinajstić information content (AvgIpc) is 3.10. The van der Waals surface area contributed by atoms with Crippen molar-refractivity contribution in [1.29, 1.82) is 5.26 Å². The summed E-state index contributed by atoms with van der Waals surface area (Å²) in [5.74, 6) is 0.398. The van der Waals surface area contributed by atoms with Gasteiger partial charge in [0.05, 0.1) is 11.6 Å². The predicted molar refractivity (Wildman–Crippen MR) is 106 cm³/mol. The van der Waals surface area contributed by atoms with Crippen molar-refractivity contribution in [3.8, 4) is 17.2 Å². The maximum atomic E-state index is 9.16. The summed E-state index contributed by atoms with van der Waals surface area (Å²) in [6, 6.07) is 9.48. The molecule has 0 amide bonds. The van der Waals surface area contributed by atoms with Crippen LogP contribution in [0.5, 0.6) is 0 Å². The van der Waals surface area contributed by atoms with Crippen LogP contribution in [0.2, 0.25) is 5.02 Å². The largest absolute Gasteiger partial charge is 0.372 e. The molecule has 2 N–H and O–H groups in total. The number of nitrogens with zero attached hydrogens (tertiary/aromatic N) is 3. The molecule has 1 aliphatic rings. The van der Waals surface area contributed by atoms with Crippen LogP contribution in [0.15, 0.2) is 46.9 Å². The number of ether oxygens (including phenoxy) is 1. The molecule has 0 saturated carbocycles. The molecule has 1 aliphatic heterocycles. The van der Waals surface area contributed by atoms with E-state index >= 15 is 0 Å². The Hall–Kier alpha value is -2.33. The summed E-state index contributed by atoms with van der Waals surface area (Å²) >= 11 is 7.70. The molecule has 2 atom stereocenters. The van der Waals surface area contributed by atoms with Crippen molar-refractivity contribution >= 4 is 28.9 Å². The van der Waals surface area contributed by atoms with E-state index in [0.29, 0.717) is 16.5 Å². The molecule has 5 nitrogen and oxygen atoms in total. The van der Waals surface area contributed by atoms with Crippen molar-refractivity contribution in [2.45, 2.75) is 18.6 Å². The van der Waals surface area contributed by atoms with E-state index in [0.717, 1.165) is 21.7 Å². The Labute approximate surface area is 162 Å². The van der Waals surface area contributed by atoms with Gasteiger partial charge >= 0.3 is 0 Å². The zero-order valence-corrected chi connectivity index (χ0v) is 16.4. The van der Waals surface area contributed by atoms with E-state index in [4.69, 9.17) is 32.3 Å². The Balaban J connectivity index is 2.08. The van der Waals surface area contributed by atoms with Crippen LogP contribution in [0, 0.1) is 11.3 Å². The van der Waals surface area contributed by atoms with Crippen LogP contribution in [0.25, 0.3) is 11.1 Å². The Morgan fingerprint density at radius 2 is 2.12 bits per heavy atom. The van der Waals surface area contributed by atoms with Gasteiger partial charge in [-0.2, -0.15) is 5.26 Å². The number of hydrogen-bond donors (Lipinski definition) is 1. The lowest BCUT2D eigenvalue weighted by molar-refractivity contribution is 0.0508. The van der Waals surface area contributed by atoms with Gasteiger partial charge in [-0.15, -0.1) is 11.3 Å². The zero-order valence-electron chi connectivity index (χ0n) is 14.8. The Morgan fingerprint density at radius 1 is 1.38 bits per heavy atom. The van der Waals surface area contributed by atoms with Gasteiger partial charge in [0.25, 0.3) is 0 Å². The average molecular weight is 387 g/mol. The van der Waals surface area contributed by atoms with Crippen molar-refractivity contribution in [2.24, 2.45) is 10.7 Å². The number of nitriles is 1. The van der Waals surface area contributed by atoms with E-state index in [2.05, 4.69) is 12.6 Å². The number of aliphatic imine (C=N–C) groups is 1. The third-order valence-electron chi connectivity index (χ3n) is 4.63. The first-order valence-corrected chi connectivity index (χ1v) is 9.16. The molecule has 0 aliphatic carbocycles. The number of likely N-dealkylation sites (N-methyl/N-ethyl adjacent to an activating group) is 1. The number of benzene rings is 1. The molecule has 1 aromatic carbocycles. The topological polar surface area (TPSA) is 74.6 Å². The van der Waals surface area contributed by atoms with Gasteiger partial charge in [-0.3, -0.25) is 0 Å². The number of rotatable bonds is 3. The number of hydrogen-bond acceptors (Lipinski definition) is 6. The smallest absolute Gasteiger partial charge is 0.196 e. The second-order valence-electron chi connectivity index (χ2n) is 6.32. The highest BCUT2D eigenvalue weighted by molar-refractivity contribution is 7.10. The number of methoxy groups -OCH3 is 1. The van der Waals surface area contributed by atoms with Crippen molar-refractivity contribution in [3.05, 3.63) is 57.4 Å². The highest BCUT2D eigenvalue weighted by Gasteiger charge is 2.44. The van der Waals surface area contributed by atoms with Gasteiger partial charge in [-0.25, -0.2) is 4.99 Å². The van der Waals surface area contributed by atoms with Crippen LogP contribution in [-0.4, -0.2) is 31.1 Å². The number of guanidine groups is 1. The van der Waals surface area contributed by atoms with E-state index in [1.165, 1.54) is 0 Å². The molecule has 134 valence electrons. The number of nitrogens with two attached hydrogens (primary N) is 1. The maximum absolute atomic E-state index is 9.16. The van der Waals surface area contributed by atoms with Crippen molar-refractivity contribution < 1.29 is 4.74 Å². The second kappa shape index (κ2) is 6.76. The Morgan fingerprint density at radius 3 is 2.77 bits per heavy atom. The lowest BCUT2D eigenvalue weighted by atomic mass is 9.88. The first kappa shape index (κ1) is 18.5. The van der Waals surface area contributed by atoms with Crippen LogP contribution < -0.4 is 5.73 Å². The fraction of sp³-hybridized carbons (Fsp3) is 0.263. The third-order valence-corrected chi connectivity index (χ3v) is 6.00. The van der Waals surface area contributed by atoms with Gasteiger partial charge in [0.15, 0.2) is 5.96 Å². The summed E-state index contributed by atoms with van der Waals surface area (Å²) in [6.07, 6.45) is -0.333. The van der Waals surface area contributed by atoms with Gasteiger partial charge in [0.2, 0.25) is 0 Å². The molecule has 2 aromatic rings. The first-order chi connectivity index (χ1) is 12.3. The minimum Gasteiger partial charge on any atom is -0.372 e. The standard InChI is InChI=1S/C19H19ClN4OS/c1-11-17(25-4)19(2,23-18(22)24(11)3)16-8-14(10-26-16)13-5-12(9-21)6-15(20)7-13/h5-8,10,17H,1H2,2-4H3,(H2,22,23). The molecule has 26 heavy (non-hydrogen) atoms. The van der Waals surface area contributed by atoms with E-state index in [1.54, 1.807) is 29.4 Å². The fourth-order valence-corrected chi connectivity index (χ4v) is 4.42. The maximum Gasteiger partial charge on any atom is 0.196 e. The van der Waals surface area contributed by atoms with Crippen LogP contribution >= 0.6 is 22.9 Å². The van der Waals surface area contributed by atoms with E-state index < -0.39 is 5.54 Å². The van der Waals surface area contributed by atoms with Crippen LogP contribution in [-0.2, 0) is 10.3 Å². The molecule has 0 radical (unpaired) electrons. The van der Waals surface area contributed by atoms with Crippen LogP contribution in [0.3, 0.4) is 0 Å². The summed E-state index contributed by atoms with van der Waals surface area (Å²) in [5, 5.41) is 11.7. The van der Waals surface area contributed by atoms with Crippen molar-refractivity contribution in [2.75, 3.05) is 14.2 Å². The fourth-order valence-electron chi connectivity index (χ4n) is 3.14. The minimum atomic E-state index is -0.679. The third kappa shape index (κ3) is 2.99.